The third-order valence-corrected chi connectivity index (χ3v) is 3.65. The summed E-state index contributed by atoms with van der Waals surface area (Å²) in [7, 11) is 0. The predicted octanol–water partition coefficient (Wildman–Crippen LogP) is 1.24. The smallest absolute Gasteiger partial charge is 0.344 e. The maximum atomic E-state index is 12.0. The number of rotatable bonds is 6. The fraction of sp³-hybridized carbons (Fsp3) is 0.333. The molecule has 0 saturated heterocycles. The first-order valence-electron chi connectivity index (χ1n) is 8.14. The van der Waals surface area contributed by atoms with Gasteiger partial charge in [-0.2, -0.15) is 0 Å². The number of carbonyl (C=O) groups is 3. The van der Waals surface area contributed by atoms with E-state index in [1.54, 1.807) is 32.9 Å². The third-order valence-electron chi connectivity index (χ3n) is 3.65. The zero-order chi connectivity index (χ0) is 20.1. The number of amides is 3. The Bertz CT molecular complexity index is 933. The van der Waals surface area contributed by atoms with E-state index < -0.39 is 36.2 Å². The van der Waals surface area contributed by atoms with Crippen molar-refractivity contribution in [3.63, 3.8) is 0 Å². The van der Waals surface area contributed by atoms with Gasteiger partial charge in [0.1, 0.15) is 11.3 Å². The van der Waals surface area contributed by atoms with Crippen LogP contribution in [0.25, 0.3) is 11.0 Å². The second-order valence-electron chi connectivity index (χ2n) is 6.20. The van der Waals surface area contributed by atoms with Gasteiger partial charge in [-0.15, -0.1) is 0 Å². The number of imide groups is 1. The van der Waals surface area contributed by atoms with Crippen LogP contribution in [0.2, 0.25) is 0 Å². The summed E-state index contributed by atoms with van der Waals surface area (Å²) in [4.78, 5) is 46.1. The number of esters is 1. The molecule has 27 heavy (non-hydrogen) atoms. The molecule has 1 atom stereocenters. The van der Waals surface area contributed by atoms with Crippen molar-refractivity contribution in [1.82, 2.24) is 5.32 Å². The van der Waals surface area contributed by atoms with Crippen LogP contribution in [0.3, 0.4) is 0 Å². The van der Waals surface area contributed by atoms with E-state index in [0.29, 0.717) is 5.58 Å². The van der Waals surface area contributed by atoms with Crippen molar-refractivity contribution in [3.05, 3.63) is 40.2 Å². The van der Waals surface area contributed by atoms with Crippen molar-refractivity contribution in [1.29, 1.82) is 0 Å². The average Bonchev–Trinajstić information content (AvgIpc) is 2.56. The molecule has 1 heterocycles. The number of aryl methyl sites for hydroxylation is 1. The van der Waals surface area contributed by atoms with Crippen LogP contribution in [0.15, 0.2) is 33.5 Å². The zero-order valence-corrected chi connectivity index (χ0v) is 15.1. The number of hydrogen-bond acceptors (Lipinski definition) is 7. The van der Waals surface area contributed by atoms with Gasteiger partial charge in [-0.25, -0.2) is 14.4 Å². The van der Waals surface area contributed by atoms with Crippen LogP contribution in [-0.4, -0.2) is 30.6 Å². The van der Waals surface area contributed by atoms with Crippen molar-refractivity contribution in [3.8, 4) is 5.75 Å². The number of nitrogens with one attached hydrogen (secondary N) is 1. The number of carbonyl (C=O) groups excluding carboxylic acids is 3. The Kier molecular flexibility index (Phi) is 6.17. The van der Waals surface area contributed by atoms with Crippen molar-refractivity contribution >= 4 is 28.9 Å². The SMILES string of the molecule is Cc1cc(=O)oc2cc(OCC(=O)O[C@H](C(=O)NC(N)=O)C(C)C)ccc12. The van der Waals surface area contributed by atoms with Gasteiger partial charge in [-0.05, 0) is 30.5 Å². The molecule has 144 valence electrons. The molecule has 0 bridgehead atoms. The Morgan fingerprint density at radius 3 is 2.56 bits per heavy atom. The second kappa shape index (κ2) is 8.35. The minimum Gasteiger partial charge on any atom is -0.482 e. The van der Waals surface area contributed by atoms with Gasteiger partial charge in [0.05, 0.1) is 0 Å². The molecule has 0 unspecified atom stereocenters. The standard InChI is InChI=1S/C18H20N2O7/c1-9(2)16(17(23)20-18(19)24)27-15(22)8-25-11-4-5-12-10(3)6-14(21)26-13(12)7-11/h4-7,9,16H,8H2,1-3H3,(H3,19,20,23,24)/t16-/m0/s1. The van der Waals surface area contributed by atoms with Gasteiger partial charge in [0.15, 0.2) is 12.7 Å². The number of nitrogens with two attached hydrogens (primary N) is 1. The summed E-state index contributed by atoms with van der Waals surface area (Å²) in [6.45, 7) is 4.59. The lowest BCUT2D eigenvalue weighted by Crippen LogP contribution is -2.46. The molecule has 0 aliphatic heterocycles. The molecule has 9 heteroatoms. The Hall–Kier alpha value is -3.36. The molecule has 0 aliphatic rings. The van der Waals surface area contributed by atoms with Gasteiger partial charge in [-0.3, -0.25) is 10.1 Å². The lowest BCUT2D eigenvalue weighted by atomic mass is 10.1. The summed E-state index contributed by atoms with van der Waals surface area (Å²) in [5.74, 6) is -1.71. The van der Waals surface area contributed by atoms with E-state index in [1.165, 1.54) is 12.1 Å². The number of urea groups is 1. The van der Waals surface area contributed by atoms with E-state index in [1.807, 2.05) is 5.32 Å². The molecule has 0 radical (unpaired) electrons. The molecular weight excluding hydrogens is 356 g/mol. The molecule has 0 fully saturated rings. The number of hydrogen-bond donors (Lipinski definition) is 2. The highest BCUT2D eigenvalue weighted by Gasteiger charge is 2.27. The maximum Gasteiger partial charge on any atom is 0.344 e. The fourth-order valence-electron chi connectivity index (χ4n) is 2.40. The first kappa shape index (κ1) is 20.0. The molecule has 2 rings (SSSR count). The van der Waals surface area contributed by atoms with E-state index in [9.17, 15) is 19.2 Å². The minimum atomic E-state index is -1.19. The van der Waals surface area contributed by atoms with E-state index in [2.05, 4.69) is 0 Å². The van der Waals surface area contributed by atoms with E-state index in [-0.39, 0.29) is 11.7 Å². The quantitative estimate of drug-likeness (QED) is 0.571. The van der Waals surface area contributed by atoms with Crippen LogP contribution < -0.4 is 21.4 Å². The molecule has 0 aliphatic carbocycles. The minimum absolute atomic E-state index is 0.288. The molecule has 9 nitrogen and oxygen atoms in total. The summed E-state index contributed by atoms with van der Waals surface area (Å²) >= 11 is 0. The van der Waals surface area contributed by atoms with Gasteiger partial charge in [0.25, 0.3) is 5.91 Å². The average molecular weight is 376 g/mol. The Morgan fingerprint density at radius 1 is 1.22 bits per heavy atom. The summed E-state index contributed by atoms with van der Waals surface area (Å²) in [5, 5.41) is 2.62. The normalized spacial score (nSPS) is 11.9. The van der Waals surface area contributed by atoms with Crippen LogP contribution in [0.5, 0.6) is 5.75 Å². The largest absolute Gasteiger partial charge is 0.482 e. The lowest BCUT2D eigenvalue weighted by Gasteiger charge is -2.19. The highest BCUT2D eigenvalue weighted by molar-refractivity contribution is 5.96. The third kappa shape index (κ3) is 5.30. The Labute approximate surface area is 154 Å². The first-order valence-corrected chi connectivity index (χ1v) is 8.14. The molecule has 1 aromatic carbocycles. The number of primary amides is 1. The topological polar surface area (TPSA) is 138 Å². The zero-order valence-electron chi connectivity index (χ0n) is 15.1. The van der Waals surface area contributed by atoms with Crippen LogP contribution in [0.4, 0.5) is 4.79 Å². The van der Waals surface area contributed by atoms with Crippen molar-refractivity contribution < 1.29 is 28.3 Å². The van der Waals surface area contributed by atoms with Crippen molar-refractivity contribution in [2.24, 2.45) is 11.7 Å². The van der Waals surface area contributed by atoms with Crippen molar-refractivity contribution in [2.45, 2.75) is 26.9 Å². The van der Waals surface area contributed by atoms with Crippen LogP contribution in [0, 0.1) is 12.8 Å². The van der Waals surface area contributed by atoms with Crippen LogP contribution >= 0.6 is 0 Å². The van der Waals surface area contributed by atoms with Crippen LogP contribution in [0.1, 0.15) is 19.4 Å². The van der Waals surface area contributed by atoms with Gasteiger partial charge in [0.2, 0.25) is 0 Å². The van der Waals surface area contributed by atoms with E-state index in [4.69, 9.17) is 19.6 Å². The monoisotopic (exact) mass is 376 g/mol. The van der Waals surface area contributed by atoms with Gasteiger partial charge < -0.3 is 19.6 Å². The highest BCUT2D eigenvalue weighted by Crippen LogP contribution is 2.22. The van der Waals surface area contributed by atoms with E-state index in [0.717, 1.165) is 10.9 Å². The summed E-state index contributed by atoms with van der Waals surface area (Å²) < 4.78 is 15.5. The van der Waals surface area contributed by atoms with Gasteiger partial charge in [0, 0.05) is 17.5 Å². The predicted molar refractivity (Wildman–Crippen MR) is 95.2 cm³/mol. The van der Waals surface area contributed by atoms with Crippen LogP contribution in [-0.2, 0) is 14.3 Å². The number of fused-ring (bicyclic) bond motifs is 1. The molecule has 3 amide bonds. The summed E-state index contributed by atoms with van der Waals surface area (Å²) in [6.07, 6.45) is -1.19. The summed E-state index contributed by atoms with van der Waals surface area (Å²) in [6, 6.07) is 5.14. The summed E-state index contributed by atoms with van der Waals surface area (Å²) in [5.41, 5.74) is 5.49. The molecule has 0 spiro atoms. The highest BCUT2D eigenvalue weighted by atomic mass is 16.6. The maximum absolute atomic E-state index is 12.0. The van der Waals surface area contributed by atoms with Gasteiger partial charge >= 0.3 is 17.6 Å². The number of ether oxygens (including phenoxy) is 2. The fourth-order valence-corrected chi connectivity index (χ4v) is 2.40. The Balaban J connectivity index is 2.03. The second-order valence-corrected chi connectivity index (χ2v) is 6.20. The lowest BCUT2D eigenvalue weighted by molar-refractivity contribution is -0.160. The first-order chi connectivity index (χ1) is 12.7. The molecule has 3 N–H and O–H groups in total. The van der Waals surface area contributed by atoms with Crippen molar-refractivity contribution in [2.75, 3.05) is 6.61 Å². The van der Waals surface area contributed by atoms with Gasteiger partial charge in [-0.1, -0.05) is 13.8 Å². The molecule has 2 aromatic rings. The van der Waals surface area contributed by atoms with E-state index >= 15 is 0 Å². The Morgan fingerprint density at radius 2 is 1.93 bits per heavy atom. The molecule has 1 aromatic heterocycles. The molecule has 0 saturated carbocycles. The molecular formula is C18H20N2O7. The number of benzene rings is 1.